The fourth-order valence-electron chi connectivity index (χ4n) is 2.11. The smallest absolute Gasteiger partial charge is 0.0608 e. The summed E-state index contributed by atoms with van der Waals surface area (Å²) in [5, 5.41) is 9.06. The van der Waals surface area contributed by atoms with Gasteiger partial charge in [0.25, 0.3) is 0 Å². The SMILES string of the molecule is CC1CN(CCCC(C)(N)CO)CCN1C. The van der Waals surface area contributed by atoms with Crippen molar-refractivity contribution in [3.8, 4) is 0 Å². The summed E-state index contributed by atoms with van der Waals surface area (Å²) in [6, 6.07) is 0.649. The molecule has 0 aliphatic carbocycles. The quantitative estimate of drug-likeness (QED) is 0.703. The minimum atomic E-state index is -0.405. The Morgan fingerprint density at radius 2 is 2.12 bits per heavy atom. The van der Waals surface area contributed by atoms with Crippen LogP contribution in [0.15, 0.2) is 0 Å². The molecule has 1 fully saturated rings. The first kappa shape index (κ1) is 13.9. The monoisotopic (exact) mass is 229 g/mol. The summed E-state index contributed by atoms with van der Waals surface area (Å²) in [4.78, 5) is 4.90. The van der Waals surface area contributed by atoms with E-state index in [0.29, 0.717) is 6.04 Å². The van der Waals surface area contributed by atoms with Gasteiger partial charge >= 0.3 is 0 Å². The molecule has 96 valence electrons. The molecule has 2 atom stereocenters. The Kier molecular flexibility index (Phi) is 5.18. The highest BCUT2D eigenvalue weighted by Gasteiger charge is 2.21. The van der Waals surface area contributed by atoms with Crippen LogP contribution in [0.2, 0.25) is 0 Å². The molecule has 4 heteroatoms. The lowest BCUT2D eigenvalue weighted by Gasteiger charge is -2.38. The van der Waals surface area contributed by atoms with E-state index in [1.165, 1.54) is 0 Å². The van der Waals surface area contributed by atoms with Crippen molar-refractivity contribution in [3.05, 3.63) is 0 Å². The predicted molar refractivity (Wildman–Crippen MR) is 67.4 cm³/mol. The van der Waals surface area contributed by atoms with Crippen molar-refractivity contribution in [1.29, 1.82) is 0 Å². The van der Waals surface area contributed by atoms with Crippen LogP contribution in [0.3, 0.4) is 0 Å². The van der Waals surface area contributed by atoms with Crippen molar-refractivity contribution in [2.45, 2.75) is 38.3 Å². The van der Waals surface area contributed by atoms with E-state index in [-0.39, 0.29) is 6.61 Å². The maximum Gasteiger partial charge on any atom is 0.0608 e. The fourth-order valence-corrected chi connectivity index (χ4v) is 2.11. The maximum absolute atomic E-state index is 9.06. The van der Waals surface area contributed by atoms with Crippen LogP contribution in [0.4, 0.5) is 0 Å². The second-order valence-electron chi connectivity index (χ2n) is 5.55. The van der Waals surface area contributed by atoms with E-state index in [9.17, 15) is 0 Å². The van der Waals surface area contributed by atoms with E-state index in [4.69, 9.17) is 10.8 Å². The molecule has 1 aliphatic heterocycles. The second kappa shape index (κ2) is 5.96. The summed E-state index contributed by atoms with van der Waals surface area (Å²) in [5.41, 5.74) is 5.50. The maximum atomic E-state index is 9.06. The molecule has 2 unspecified atom stereocenters. The Morgan fingerprint density at radius 1 is 1.44 bits per heavy atom. The molecule has 3 N–H and O–H groups in total. The molecule has 1 aliphatic rings. The number of aliphatic hydroxyl groups is 1. The second-order valence-corrected chi connectivity index (χ2v) is 5.55. The van der Waals surface area contributed by atoms with E-state index in [1.807, 2.05) is 6.92 Å². The number of piperazine rings is 1. The minimum Gasteiger partial charge on any atom is -0.394 e. The van der Waals surface area contributed by atoms with Crippen LogP contribution in [-0.4, -0.2) is 66.3 Å². The molecule has 0 amide bonds. The van der Waals surface area contributed by atoms with E-state index in [1.54, 1.807) is 0 Å². The number of hydrogen-bond acceptors (Lipinski definition) is 4. The molecule has 1 saturated heterocycles. The molecule has 0 radical (unpaired) electrons. The first-order valence-electron chi connectivity index (χ1n) is 6.27. The van der Waals surface area contributed by atoms with Gasteiger partial charge < -0.3 is 20.6 Å². The number of nitrogens with zero attached hydrogens (tertiary/aromatic N) is 2. The Morgan fingerprint density at radius 3 is 2.69 bits per heavy atom. The molecular weight excluding hydrogens is 202 g/mol. The third kappa shape index (κ3) is 4.37. The zero-order valence-electron chi connectivity index (χ0n) is 10.9. The zero-order valence-corrected chi connectivity index (χ0v) is 10.9. The lowest BCUT2D eigenvalue weighted by atomic mass is 9.98. The standard InChI is InChI=1S/C12H27N3O/c1-11-9-15(8-7-14(11)3)6-4-5-12(2,13)10-16/h11,16H,4-10,13H2,1-3H3. The first-order valence-corrected chi connectivity index (χ1v) is 6.27. The Balaban J connectivity index is 2.19. The highest BCUT2D eigenvalue weighted by atomic mass is 16.3. The normalized spacial score (nSPS) is 27.9. The van der Waals surface area contributed by atoms with Gasteiger partial charge in [0.2, 0.25) is 0 Å². The molecule has 0 spiro atoms. The molecule has 0 saturated carbocycles. The van der Waals surface area contributed by atoms with Gasteiger partial charge in [0, 0.05) is 31.2 Å². The molecular formula is C12H27N3O. The molecule has 0 aromatic rings. The van der Waals surface area contributed by atoms with Gasteiger partial charge in [-0.2, -0.15) is 0 Å². The summed E-state index contributed by atoms with van der Waals surface area (Å²) in [6.45, 7) is 8.82. The van der Waals surface area contributed by atoms with Gasteiger partial charge in [-0.1, -0.05) is 0 Å². The third-order valence-corrected chi connectivity index (χ3v) is 3.63. The fraction of sp³-hybridized carbons (Fsp3) is 1.00. The van der Waals surface area contributed by atoms with Crippen LogP contribution < -0.4 is 5.73 Å². The van der Waals surface area contributed by atoms with Gasteiger partial charge in [-0.05, 0) is 40.3 Å². The number of nitrogens with two attached hydrogens (primary N) is 1. The van der Waals surface area contributed by atoms with Crippen LogP contribution in [-0.2, 0) is 0 Å². The topological polar surface area (TPSA) is 52.7 Å². The van der Waals surface area contributed by atoms with Gasteiger partial charge in [-0.15, -0.1) is 0 Å². The van der Waals surface area contributed by atoms with Crippen molar-refractivity contribution < 1.29 is 5.11 Å². The van der Waals surface area contributed by atoms with Crippen LogP contribution in [0, 0.1) is 0 Å². The molecule has 0 aromatic heterocycles. The highest BCUT2D eigenvalue weighted by Crippen LogP contribution is 2.11. The lowest BCUT2D eigenvalue weighted by Crippen LogP contribution is -2.50. The lowest BCUT2D eigenvalue weighted by molar-refractivity contribution is 0.100. The summed E-state index contributed by atoms with van der Waals surface area (Å²) in [7, 11) is 2.19. The molecule has 4 nitrogen and oxygen atoms in total. The van der Waals surface area contributed by atoms with Crippen molar-refractivity contribution >= 4 is 0 Å². The van der Waals surface area contributed by atoms with Gasteiger partial charge in [0.05, 0.1) is 6.61 Å². The average Bonchev–Trinajstić information content (AvgIpc) is 2.23. The summed E-state index contributed by atoms with van der Waals surface area (Å²) in [5.74, 6) is 0. The van der Waals surface area contributed by atoms with Crippen LogP contribution >= 0.6 is 0 Å². The van der Waals surface area contributed by atoms with E-state index < -0.39 is 5.54 Å². The van der Waals surface area contributed by atoms with E-state index in [2.05, 4.69) is 23.8 Å². The number of aliphatic hydroxyl groups excluding tert-OH is 1. The minimum absolute atomic E-state index is 0.0755. The van der Waals surface area contributed by atoms with Gasteiger partial charge in [0.15, 0.2) is 0 Å². The Labute approximate surface area is 99.4 Å². The summed E-state index contributed by atoms with van der Waals surface area (Å²) in [6.07, 6.45) is 1.97. The molecule has 16 heavy (non-hydrogen) atoms. The van der Waals surface area contributed by atoms with Gasteiger partial charge in [0.1, 0.15) is 0 Å². The van der Waals surface area contributed by atoms with E-state index >= 15 is 0 Å². The van der Waals surface area contributed by atoms with Crippen molar-refractivity contribution in [2.75, 3.05) is 39.8 Å². The van der Waals surface area contributed by atoms with Crippen LogP contribution in [0.5, 0.6) is 0 Å². The van der Waals surface area contributed by atoms with Crippen molar-refractivity contribution in [3.63, 3.8) is 0 Å². The average molecular weight is 229 g/mol. The third-order valence-electron chi connectivity index (χ3n) is 3.63. The van der Waals surface area contributed by atoms with Crippen LogP contribution in [0.25, 0.3) is 0 Å². The molecule has 0 aromatic carbocycles. The van der Waals surface area contributed by atoms with Crippen molar-refractivity contribution in [1.82, 2.24) is 9.80 Å². The number of likely N-dealkylation sites (N-methyl/N-ethyl adjacent to an activating group) is 1. The summed E-state index contributed by atoms with van der Waals surface area (Å²) >= 11 is 0. The highest BCUT2D eigenvalue weighted by molar-refractivity contribution is 4.80. The summed E-state index contributed by atoms with van der Waals surface area (Å²) < 4.78 is 0. The molecule has 0 bridgehead atoms. The predicted octanol–water partition coefficient (Wildman–Crippen LogP) is 0.112. The largest absolute Gasteiger partial charge is 0.394 e. The van der Waals surface area contributed by atoms with E-state index in [0.717, 1.165) is 39.0 Å². The first-order chi connectivity index (χ1) is 7.44. The zero-order chi connectivity index (χ0) is 12.2. The van der Waals surface area contributed by atoms with Gasteiger partial charge in [-0.3, -0.25) is 0 Å². The number of hydrogen-bond donors (Lipinski definition) is 2. The molecule has 1 heterocycles. The Bertz CT molecular complexity index is 208. The van der Waals surface area contributed by atoms with Gasteiger partial charge in [-0.25, -0.2) is 0 Å². The van der Waals surface area contributed by atoms with Crippen molar-refractivity contribution in [2.24, 2.45) is 5.73 Å². The molecule has 1 rings (SSSR count). The Hall–Kier alpha value is -0.160. The number of rotatable bonds is 5. The van der Waals surface area contributed by atoms with Crippen LogP contribution in [0.1, 0.15) is 26.7 Å².